The zero-order chi connectivity index (χ0) is 12.7. The molecule has 0 aromatic rings. The van der Waals surface area contributed by atoms with Crippen molar-refractivity contribution in [3.05, 3.63) is 0 Å². The maximum absolute atomic E-state index is 11.7. The summed E-state index contributed by atoms with van der Waals surface area (Å²) in [6.07, 6.45) is 0.901. The highest BCUT2D eigenvalue weighted by Crippen LogP contribution is 2.03. The Labute approximate surface area is 105 Å². The predicted octanol–water partition coefficient (Wildman–Crippen LogP) is -0.143. The van der Waals surface area contributed by atoms with Gasteiger partial charge in [-0.3, -0.25) is 4.90 Å². The fourth-order valence-corrected chi connectivity index (χ4v) is 3.35. The standard InChI is InChI=1S/C11H25N3O2S/c1-3-11(2)10-17(15,16)13-6-9-14-7-4-12-5-8-14/h11-13H,3-10H2,1-2H3. The van der Waals surface area contributed by atoms with E-state index in [0.29, 0.717) is 6.54 Å². The highest BCUT2D eigenvalue weighted by Gasteiger charge is 2.15. The smallest absolute Gasteiger partial charge is 0.211 e. The molecule has 1 unspecified atom stereocenters. The molecule has 0 bridgehead atoms. The SMILES string of the molecule is CCC(C)CS(=O)(=O)NCCN1CCNCC1. The van der Waals surface area contributed by atoms with Crippen molar-refractivity contribution in [1.82, 2.24) is 14.9 Å². The molecule has 1 atom stereocenters. The van der Waals surface area contributed by atoms with Crippen molar-refractivity contribution in [2.75, 3.05) is 45.0 Å². The van der Waals surface area contributed by atoms with E-state index in [1.54, 1.807) is 0 Å². The first-order valence-corrected chi connectivity index (χ1v) is 8.09. The first-order valence-electron chi connectivity index (χ1n) is 6.44. The number of nitrogens with one attached hydrogen (secondary N) is 2. The minimum atomic E-state index is -3.09. The van der Waals surface area contributed by atoms with Gasteiger partial charge in [0.2, 0.25) is 10.0 Å². The zero-order valence-electron chi connectivity index (χ0n) is 10.9. The maximum atomic E-state index is 11.7. The van der Waals surface area contributed by atoms with Crippen molar-refractivity contribution in [2.45, 2.75) is 20.3 Å². The third-order valence-electron chi connectivity index (χ3n) is 3.16. The second kappa shape index (κ2) is 7.31. The van der Waals surface area contributed by atoms with Gasteiger partial charge in [0, 0.05) is 39.3 Å². The lowest BCUT2D eigenvalue weighted by molar-refractivity contribution is 0.245. The van der Waals surface area contributed by atoms with Gasteiger partial charge in [-0.2, -0.15) is 0 Å². The van der Waals surface area contributed by atoms with Crippen molar-refractivity contribution < 1.29 is 8.42 Å². The van der Waals surface area contributed by atoms with Crippen LogP contribution in [0, 0.1) is 5.92 Å². The van der Waals surface area contributed by atoms with E-state index >= 15 is 0 Å². The molecule has 1 saturated heterocycles. The number of rotatable bonds is 7. The van der Waals surface area contributed by atoms with E-state index in [1.807, 2.05) is 13.8 Å². The third kappa shape index (κ3) is 6.35. The van der Waals surface area contributed by atoms with Crippen molar-refractivity contribution in [3.63, 3.8) is 0 Å². The minimum absolute atomic E-state index is 0.228. The molecule has 0 aromatic heterocycles. The molecule has 1 rings (SSSR count). The Bertz CT molecular complexity index is 300. The molecule has 6 heteroatoms. The van der Waals surface area contributed by atoms with Gasteiger partial charge in [-0.15, -0.1) is 0 Å². The molecule has 102 valence electrons. The Balaban J connectivity index is 2.20. The summed E-state index contributed by atoms with van der Waals surface area (Å²) in [5.41, 5.74) is 0. The first kappa shape index (κ1) is 14.9. The van der Waals surface area contributed by atoms with E-state index in [2.05, 4.69) is 14.9 Å². The van der Waals surface area contributed by atoms with Crippen LogP contribution in [0.4, 0.5) is 0 Å². The van der Waals surface area contributed by atoms with Crippen LogP contribution < -0.4 is 10.0 Å². The van der Waals surface area contributed by atoms with E-state index in [4.69, 9.17) is 0 Å². The van der Waals surface area contributed by atoms with Crippen LogP contribution in [0.5, 0.6) is 0 Å². The summed E-state index contributed by atoms with van der Waals surface area (Å²) in [5, 5.41) is 3.27. The molecule has 5 nitrogen and oxygen atoms in total. The maximum Gasteiger partial charge on any atom is 0.211 e. The monoisotopic (exact) mass is 263 g/mol. The molecule has 0 radical (unpaired) electrons. The topological polar surface area (TPSA) is 61.4 Å². The molecule has 0 aromatic carbocycles. The lowest BCUT2D eigenvalue weighted by Gasteiger charge is -2.27. The summed E-state index contributed by atoms with van der Waals surface area (Å²) in [5.74, 6) is 0.470. The number of hydrogen-bond acceptors (Lipinski definition) is 4. The number of sulfonamides is 1. The fraction of sp³-hybridized carbons (Fsp3) is 1.00. The van der Waals surface area contributed by atoms with E-state index in [9.17, 15) is 8.42 Å². The highest BCUT2D eigenvalue weighted by atomic mass is 32.2. The molecule has 0 spiro atoms. The summed E-state index contributed by atoms with van der Waals surface area (Å²) in [7, 11) is -3.09. The lowest BCUT2D eigenvalue weighted by Crippen LogP contribution is -2.46. The van der Waals surface area contributed by atoms with E-state index in [-0.39, 0.29) is 11.7 Å². The van der Waals surface area contributed by atoms with Crippen LogP contribution in [0.15, 0.2) is 0 Å². The van der Waals surface area contributed by atoms with Gasteiger partial charge in [-0.25, -0.2) is 13.1 Å². The second-order valence-electron chi connectivity index (χ2n) is 4.78. The highest BCUT2D eigenvalue weighted by molar-refractivity contribution is 7.89. The average Bonchev–Trinajstić information content (AvgIpc) is 2.29. The predicted molar refractivity (Wildman–Crippen MR) is 70.6 cm³/mol. The first-order chi connectivity index (χ1) is 8.03. The summed E-state index contributed by atoms with van der Waals surface area (Å²) >= 11 is 0. The van der Waals surface area contributed by atoms with Gasteiger partial charge in [-0.05, 0) is 5.92 Å². The molecule has 1 aliphatic heterocycles. The van der Waals surface area contributed by atoms with Crippen LogP contribution in [-0.4, -0.2) is 58.3 Å². The zero-order valence-corrected chi connectivity index (χ0v) is 11.7. The molecular weight excluding hydrogens is 238 g/mol. The second-order valence-corrected chi connectivity index (χ2v) is 6.63. The van der Waals surface area contributed by atoms with Crippen molar-refractivity contribution in [2.24, 2.45) is 5.92 Å². The van der Waals surface area contributed by atoms with Crippen LogP contribution in [0.3, 0.4) is 0 Å². The van der Waals surface area contributed by atoms with Crippen molar-refractivity contribution >= 4 is 10.0 Å². The fourth-order valence-electron chi connectivity index (χ4n) is 1.85. The minimum Gasteiger partial charge on any atom is -0.314 e. The molecule has 1 aliphatic rings. The van der Waals surface area contributed by atoms with Crippen molar-refractivity contribution in [3.8, 4) is 0 Å². The van der Waals surface area contributed by atoms with Crippen LogP contribution in [0.25, 0.3) is 0 Å². The van der Waals surface area contributed by atoms with Crippen molar-refractivity contribution in [1.29, 1.82) is 0 Å². The summed E-state index contributed by atoms with van der Waals surface area (Å²) in [6.45, 7) is 9.33. The molecular formula is C11H25N3O2S. The Hall–Kier alpha value is -0.170. The van der Waals surface area contributed by atoms with Crippen LogP contribution in [0.1, 0.15) is 20.3 Å². The van der Waals surface area contributed by atoms with Crippen LogP contribution >= 0.6 is 0 Å². The third-order valence-corrected chi connectivity index (χ3v) is 4.81. The van der Waals surface area contributed by atoms with Gasteiger partial charge in [0.25, 0.3) is 0 Å². The number of piperazine rings is 1. The Morgan fingerprint density at radius 2 is 2.00 bits per heavy atom. The van der Waals surface area contributed by atoms with Crippen LogP contribution in [-0.2, 0) is 10.0 Å². The number of nitrogens with zero attached hydrogens (tertiary/aromatic N) is 1. The molecule has 17 heavy (non-hydrogen) atoms. The van der Waals surface area contributed by atoms with Crippen LogP contribution in [0.2, 0.25) is 0 Å². The summed E-state index contributed by atoms with van der Waals surface area (Å²) in [6, 6.07) is 0. The van der Waals surface area contributed by atoms with E-state index in [0.717, 1.165) is 39.1 Å². The lowest BCUT2D eigenvalue weighted by atomic mass is 10.2. The molecule has 1 heterocycles. The van der Waals surface area contributed by atoms with Gasteiger partial charge in [-0.1, -0.05) is 20.3 Å². The molecule has 0 amide bonds. The van der Waals surface area contributed by atoms with Gasteiger partial charge in [0.05, 0.1) is 5.75 Å². The Morgan fingerprint density at radius 1 is 1.35 bits per heavy atom. The average molecular weight is 263 g/mol. The van der Waals surface area contributed by atoms with Gasteiger partial charge < -0.3 is 5.32 Å². The van der Waals surface area contributed by atoms with E-state index < -0.39 is 10.0 Å². The summed E-state index contributed by atoms with van der Waals surface area (Å²) in [4.78, 5) is 2.28. The van der Waals surface area contributed by atoms with Gasteiger partial charge in [0.1, 0.15) is 0 Å². The molecule has 2 N–H and O–H groups in total. The summed E-state index contributed by atoms with van der Waals surface area (Å²) < 4.78 is 26.1. The van der Waals surface area contributed by atoms with E-state index in [1.165, 1.54) is 0 Å². The Morgan fingerprint density at radius 3 is 2.59 bits per heavy atom. The quantitative estimate of drug-likeness (QED) is 0.671. The van der Waals surface area contributed by atoms with Gasteiger partial charge >= 0.3 is 0 Å². The molecule has 0 saturated carbocycles. The molecule has 1 fully saturated rings. The largest absolute Gasteiger partial charge is 0.314 e. The Kier molecular flexibility index (Phi) is 6.40. The number of hydrogen-bond donors (Lipinski definition) is 2. The van der Waals surface area contributed by atoms with Gasteiger partial charge in [0.15, 0.2) is 0 Å². The molecule has 0 aliphatic carbocycles. The normalized spacial score (nSPS) is 20.4.